The highest BCUT2D eigenvalue weighted by Gasteiger charge is 2.32. The molecule has 3 rings (SSSR count). The van der Waals surface area contributed by atoms with E-state index in [1.165, 1.54) is 4.90 Å². The monoisotopic (exact) mass is 450 g/mol. The Morgan fingerprint density at radius 1 is 1.19 bits per heavy atom. The van der Waals surface area contributed by atoms with Crippen LogP contribution < -0.4 is 5.73 Å². The molecule has 2 aromatic rings. The number of hydrogen-bond donors (Lipinski definition) is 2. The van der Waals surface area contributed by atoms with Crippen molar-refractivity contribution >= 4 is 12.0 Å². The largest absolute Gasteiger partial charge is 0.465 e. The Morgan fingerprint density at radius 3 is 2.47 bits per heavy atom. The van der Waals surface area contributed by atoms with Crippen LogP contribution >= 0.6 is 0 Å². The summed E-state index contributed by atoms with van der Waals surface area (Å²) < 4.78 is 38.6. The number of carbonyl (C=O) groups is 2. The van der Waals surface area contributed by atoms with Gasteiger partial charge in [-0.15, -0.1) is 0 Å². The fourth-order valence-corrected chi connectivity index (χ4v) is 3.84. The van der Waals surface area contributed by atoms with Gasteiger partial charge in [0.1, 0.15) is 0 Å². The number of carbonyl (C=O) groups excluding carboxylic acids is 1. The van der Waals surface area contributed by atoms with E-state index in [2.05, 4.69) is 4.98 Å². The Labute approximate surface area is 183 Å². The average Bonchev–Trinajstić information content (AvgIpc) is 2.76. The highest BCUT2D eigenvalue weighted by molar-refractivity contribution is 5.93. The SMILES string of the molecule is NC(=O)c1cccc(-c2ccc(CN(CCC(F)(F)F)C3CCN(C(=O)O)CC3)cn2)c1. The minimum absolute atomic E-state index is 0.139. The zero-order valence-corrected chi connectivity index (χ0v) is 17.4. The van der Waals surface area contributed by atoms with Crippen LogP contribution in [0.3, 0.4) is 0 Å². The molecule has 3 N–H and O–H groups in total. The maximum absolute atomic E-state index is 12.9. The zero-order valence-electron chi connectivity index (χ0n) is 17.4. The molecule has 0 bridgehead atoms. The molecule has 0 unspecified atom stereocenters. The number of carboxylic acid groups (broad SMARTS) is 1. The maximum Gasteiger partial charge on any atom is 0.407 e. The third-order valence-corrected chi connectivity index (χ3v) is 5.59. The Balaban J connectivity index is 1.72. The molecule has 0 spiro atoms. The number of nitrogens with two attached hydrogens (primary N) is 1. The lowest BCUT2D eigenvalue weighted by Crippen LogP contribution is -2.46. The fourth-order valence-electron chi connectivity index (χ4n) is 3.84. The van der Waals surface area contributed by atoms with E-state index in [4.69, 9.17) is 10.8 Å². The van der Waals surface area contributed by atoms with E-state index in [0.717, 1.165) is 5.56 Å². The molecule has 0 saturated carbocycles. The van der Waals surface area contributed by atoms with E-state index in [1.807, 2.05) is 0 Å². The number of benzene rings is 1. The van der Waals surface area contributed by atoms with Gasteiger partial charge in [0.05, 0.1) is 12.1 Å². The smallest absolute Gasteiger partial charge is 0.407 e. The molecule has 0 aliphatic carbocycles. The van der Waals surface area contributed by atoms with Crippen molar-refractivity contribution in [3.63, 3.8) is 0 Å². The van der Waals surface area contributed by atoms with Crippen molar-refractivity contribution in [1.82, 2.24) is 14.8 Å². The molecular formula is C22H25F3N4O3. The quantitative estimate of drug-likeness (QED) is 0.669. The van der Waals surface area contributed by atoms with Gasteiger partial charge in [-0.3, -0.25) is 14.7 Å². The summed E-state index contributed by atoms with van der Waals surface area (Å²) in [6, 6.07) is 10.1. The van der Waals surface area contributed by atoms with Crippen LogP contribution in [0.15, 0.2) is 42.6 Å². The van der Waals surface area contributed by atoms with E-state index >= 15 is 0 Å². The molecule has 1 saturated heterocycles. The highest BCUT2D eigenvalue weighted by Crippen LogP contribution is 2.25. The lowest BCUT2D eigenvalue weighted by molar-refractivity contribution is -0.140. The molecule has 2 heterocycles. The van der Waals surface area contributed by atoms with Crippen LogP contribution in [0, 0.1) is 0 Å². The van der Waals surface area contributed by atoms with Crippen molar-refractivity contribution in [1.29, 1.82) is 0 Å². The normalized spacial score (nSPS) is 15.2. The number of likely N-dealkylation sites (tertiary alicyclic amines) is 1. The average molecular weight is 450 g/mol. The van der Waals surface area contributed by atoms with Crippen molar-refractivity contribution < 1.29 is 27.9 Å². The lowest BCUT2D eigenvalue weighted by Gasteiger charge is -2.37. The minimum atomic E-state index is -4.27. The molecule has 1 aromatic heterocycles. The first-order valence-electron chi connectivity index (χ1n) is 10.3. The predicted octanol–water partition coefficient (Wildman–Crippen LogP) is 3.74. The lowest BCUT2D eigenvalue weighted by atomic mass is 10.0. The number of rotatable bonds is 7. The molecule has 0 radical (unpaired) electrons. The Morgan fingerprint density at radius 2 is 1.91 bits per heavy atom. The topological polar surface area (TPSA) is 99.8 Å². The fraction of sp³-hybridized carbons (Fsp3) is 0.409. The Hall–Kier alpha value is -3.14. The number of aromatic nitrogens is 1. The number of amides is 2. The van der Waals surface area contributed by atoms with Crippen molar-refractivity contribution in [3.8, 4) is 11.3 Å². The molecule has 172 valence electrons. The number of alkyl halides is 3. The van der Waals surface area contributed by atoms with Gasteiger partial charge in [-0.25, -0.2) is 4.79 Å². The van der Waals surface area contributed by atoms with Gasteiger partial charge in [-0.05, 0) is 36.6 Å². The second-order valence-corrected chi connectivity index (χ2v) is 7.83. The third-order valence-electron chi connectivity index (χ3n) is 5.59. The first kappa shape index (κ1) is 23.5. The van der Waals surface area contributed by atoms with E-state index in [9.17, 15) is 22.8 Å². The third kappa shape index (κ3) is 6.43. The number of pyridine rings is 1. The van der Waals surface area contributed by atoms with E-state index in [0.29, 0.717) is 42.8 Å². The van der Waals surface area contributed by atoms with Crippen molar-refractivity contribution in [2.24, 2.45) is 5.73 Å². The van der Waals surface area contributed by atoms with Gasteiger partial charge in [0.15, 0.2) is 0 Å². The van der Waals surface area contributed by atoms with Gasteiger partial charge in [0.25, 0.3) is 0 Å². The number of piperidine rings is 1. The summed E-state index contributed by atoms with van der Waals surface area (Å²) in [5.74, 6) is -0.544. The van der Waals surface area contributed by atoms with E-state index in [-0.39, 0.29) is 19.1 Å². The summed E-state index contributed by atoms with van der Waals surface area (Å²) in [6.45, 7) is 0.720. The first-order valence-corrected chi connectivity index (χ1v) is 10.3. The van der Waals surface area contributed by atoms with Gasteiger partial charge < -0.3 is 15.7 Å². The van der Waals surface area contributed by atoms with Gasteiger partial charge in [-0.1, -0.05) is 18.2 Å². The van der Waals surface area contributed by atoms with Crippen LogP contribution in [0.2, 0.25) is 0 Å². The summed E-state index contributed by atoms with van der Waals surface area (Å²) in [5.41, 5.74) is 7.76. The van der Waals surface area contributed by atoms with Crippen LogP contribution in [0.5, 0.6) is 0 Å². The minimum Gasteiger partial charge on any atom is -0.465 e. The molecule has 2 amide bonds. The number of nitrogens with zero attached hydrogens (tertiary/aromatic N) is 3. The van der Waals surface area contributed by atoms with Crippen molar-refractivity contribution in [2.45, 2.75) is 38.0 Å². The van der Waals surface area contributed by atoms with Crippen LogP contribution in [0.4, 0.5) is 18.0 Å². The second-order valence-electron chi connectivity index (χ2n) is 7.83. The van der Waals surface area contributed by atoms with E-state index < -0.39 is 24.6 Å². The predicted molar refractivity (Wildman–Crippen MR) is 112 cm³/mol. The van der Waals surface area contributed by atoms with E-state index in [1.54, 1.807) is 47.5 Å². The van der Waals surface area contributed by atoms with Gasteiger partial charge in [0.2, 0.25) is 5.91 Å². The summed E-state index contributed by atoms with van der Waals surface area (Å²) in [6.07, 6.45) is -3.64. The molecular weight excluding hydrogens is 425 g/mol. The zero-order chi connectivity index (χ0) is 23.3. The summed E-state index contributed by atoms with van der Waals surface area (Å²) in [4.78, 5) is 29.9. The standard InChI is InChI=1S/C22H25F3N4O3/c23-22(24,25)8-11-29(18-6-9-28(10-7-18)21(31)32)14-15-4-5-19(27-13-15)16-2-1-3-17(12-16)20(26)30/h1-5,12-13,18H,6-11,14H2,(H2,26,30)(H,31,32). The van der Waals surface area contributed by atoms with Crippen molar-refractivity contribution in [3.05, 3.63) is 53.7 Å². The van der Waals surface area contributed by atoms with Gasteiger partial charge in [-0.2, -0.15) is 13.2 Å². The van der Waals surface area contributed by atoms with Gasteiger partial charge >= 0.3 is 12.3 Å². The van der Waals surface area contributed by atoms with Crippen LogP contribution in [0.25, 0.3) is 11.3 Å². The highest BCUT2D eigenvalue weighted by atomic mass is 19.4. The van der Waals surface area contributed by atoms with Crippen LogP contribution in [-0.2, 0) is 6.54 Å². The molecule has 32 heavy (non-hydrogen) atoms. The molecule has 1 aliphatic heterocycles. The molecule has 1 aliphatic rings. The summed E-state index contributed by atoms with van der Waals surface area (Å²) in [7, 11) is 0. The molecule has 0 atom stereocenters. The number of halogens is 3. The number of primary amides is 1. The summed E-state index contributed by atoms with van der Waals surface area (Å²) in [5, 5.41) is 9.11. The van der Waals surface area contributed by atoms with Crippen LogP contribution in [-0.4, -0.2) is 63.7 Å². The molecule has 7 nitrogen and oxygen atoms in total. The number of hydrogen-bond acceptors (Lipinski definition) is 4. The summed E-state index contributed by atoms with van der Waals surface area (Å²) >= 11 is 0. The first-order chi connectivity index (χ1) is 15.1. The maximum atomic E-state index is 12.9. The van der Waals surface area contributed by atoms with Crippen LogP contribution in [0.1, 0.15) is 35.2 Å². The molecule has 1 aromatic carbocycles. The Bertz CT molecular complexity index is 942. The Kier molecular flexibility index (Phi) is 7.34. The second kappa shape index (κ2) is 9.99. The van der Waals surface area contributed by atoms with Gasteiger partial charge in [0, 0.05) is 49.5 Å². The molecule has 1 fully saturated rings. The molecule has 10 heteroatoms. The van der Waals surface area contributed by atoms with Crippen molar-refractivity contribution in [2.75, 3.05) is 19.6 Å².